The average Bonchev–Trinajstić information content (AvgIpc) is 3.29. The summed E-state index contributed by atoms with van der Waals surface area (Å²) in [6.07, 6.45) is 0. The number of aromatic nitrogens is 3. The van der Waals surface area contributed by atoms with Crippen LogP contribution in [0.4, 0.5) is 5.69 Å². The Hall–Kier alpha value is -1.54. The van der Waals surface area contributed by atoms with E-state index in [4.69, 9.17) is 23.2 Å². The van der Waals surface area contributed by atoms with Gasteiger partial charge in [-0.05, 0) is 44.0 Å². The number of nitrogens with one attached hydrogen (secondary N) is 1. The number of hydrogen-bond donors (Lipinski definition) is 1. The number of nitrogens with zero attached hydrogens (tertiary/aromatic N) is 3. The first-order valence-corrected chi connectivity index (χ1v) is 11.8. The Kier molecular flexibility index (Phi) is 7.27. The highest BCUT2D eigenvalue weighted by Crippen LogP contribution is 2.33. The molecular weight excluding hydrogens is 447 g/mol. The predicted octanol–water partition coefficient (Wildman–Crippen LogP) is 6.75. The van der Waals surface area contributed by atoms with Crippen LogP contribution in [-0.4, -0.2) is 26.4 Å². The smallest absolute Gasteiger partial charge is 0.234 e. The second-order valence-corrected chi connectivity index (χ2v) is 9.83. The summed E-state index contributed by atoms with van der Waals surface area (Å²) in [5.74, 6) is 1.37. The van der Waals surface area contributed by atoms with Gasteiger partial charge >= 0.3 is 0 Å². The fourth-order valence-electron chi connectivity index (χ4n) is 2.71. The molecule has 0 bridgehead atoms. The molecule has 1 N–H and O–H groups in total. The van der Waals surface area contributed by atoms with E-state index in [1.54, 1.807) is 29.5 Å². The molecule has 0 aliphatic carbocycles. The predicted molar refractivity (Wildman–Crippen MR) is 124 cm³/mol. The molecule has 0 spiro atoms. The minimum atomic E-state index is -0.147. The summed E-state index contributed by atoms with van der Waals surface area (Å²) in [5.41, 5.74) is 1.67. The summed E-state index contributed by atoms with van der Waals surface area (Å²) < 4.78 is 2.07. The number of carbonyl (C=O) groups is 1. The van der Waals surface area contributed by atoms with E-state index < -0.39 is 0 Å². The zero-order chi connectivity index (χ0) is 21.1. The van der Waals surface area contributed by atoms with Gasteiger partial charge in [0.2, 0.25) is 5.91 Å². The lowest BCUT2D eigenvalue weighted by Crippen LogP contribution is -2.15. The lowest BCUT2D eigenvalue weighted by molar-refractivity contribution is -0.113. The number of thioether (sulfide) groups is 1. The molecule has 154 valence electrons. The van der Waals surface area contributed by atoms with Crippen LogP contribution in [-0.2, 0) is 4.79 Å². The van der Waals surface area contributed by atoms with Crippen LogP contribution in [0.1, 0.15) is 44.5 Å². The molecule has 3 rings (SSSR count). The molecule has 9 heteroatoms. The largest absolute Gasteiger partial charge is 0.325 e. The monoisotopic (exact) mass is 468 g/mol. The van der Waals surface area contributed by atoms with E-state index in [9.17, 15) is 4.79 Å². The normalized spacial score (nSPS) is 11.4. The van der Waals surface area contributed by atoms with E-state index in [2.05, 4.69) is 59.2 Å². The summed E-state index contributed by atoms with van der Waals surface area (Å²) >= 11 is 15.0. The van der Waals surface area contributed by atoms with E-state index in [1.807, 2.05) is 0 Å². The Labute approximate surface area is 188 Å². The van der Waals surface area contributed by atoms with Crippen LogP contribution in [0.15, 0.2) is 34.8 Å². The molecule has 2 aromatic heterocycles. The molecule has 29 heavy (non-hydrogen) atoms. The van der Waals surface area contributed by atoms with Gasteiger partial charge < -0.3 is 5.32 Å². The molecule has 0 aliphatic heterocycles. The molecule has 0 radical (unpaired) electrons. The van der Waals surface area contributed by atoms with Crippen molar-refractivity contribution in [2.75, 3.05) is 11.1 Å². The number of thiophene rings is 1. The molecule has 0 saturated heterocycles. The molecule has 1 amide bonds. The highest BCUT2D eigenvalue weighted by molar-refractivity contribution is 7.99. The summed E-state index contributed by atoms with van der Waals surface area (Å²) in [6.45, 7) is 8.53. The van der Waals surface area contributed by atoms with Crippen LogP contribution in [0.5, 0.6) is 0 Å². The molecule has 1 aromatic carbocycles. The van der Waals surface area contributed by atoms with Gasteiger partial charge in [0.1, 0.15) is 0 Å². The van der Waals surface area contributed by atoms with Crippen LogP contribution in [0, 0.1) is 0 Å². The van der Waals surface area contributed by atoms with Gasteiger partial charge in [-0.15, -0.1) is 21.5 Å². The second kappa shape index (κ2) is 9.51. The highest BCUT2D eigenvalue weighted by Gasteiger charge is 2.19. The first kappa shape index (κ1) is 22.2. The number of rotatable bonds is 7. The summed E-state index contributed by atoms with van der Waals surface area (Å²) in [7, 11) is 0. The quantitative estimate of drug-likeness (QED) is 0.389. The molecule has 0 unspecified atom stereocenters. The van der Waals surface area contributed by atoms with Crippen molar-refractivity contribution >= 4 is 57.9 Å². The van der Waals surface area contributed by atoms with Crippen molar-refractivity contribution in [2.24, 2.45) is 0 Å². The third kappa shape index (κ3) is 5.34. The topological polar surface area (TPSA) is 59.8 Å². The van der Waals surface area contributed by atoms with Crippen LogP contribution < -0.4 is 5.32 Å². The minimum Gasteiger partial charge on any atom is -0.325 e. The lowest BCUT2D eigenvalue weighted by atomic mass is 10.1. The van der Waals surface area contributed by atoms with Crippen molar-refractivity contribution in [3.63, 3.8) is 0 Å². The molecule has 5 nitrogen and oxygen atoms in total. The van der Waals surface area contributed by atoms with Gasteiger partial charge in [0, 0.05) is 27.5 Å². The maximum Gasteiger partial charge on any atom is 0.234 e. The van der Waals surface area contributed by atoms with Gasteiger partial charge in [0.05, 0.1) is 15.8 Å². The maximum absolute atomic E-state index is 12.4. The fourth-order valence-corrected chi connectivity index (χ4v) is 4.78. The van der Waals surface area contributed by atoms with Crippen molar-refractivity contribution in [3.8, 4) is 11.4 Å². The Morgan fingerprint density at radius 2 is 1.93 bits per heavy atom. The summed E-state index contributed by atoms with van der Waals surface area (Å²) in [6, 6.07) is 7.34. The Morgan fingerprint density at radius 3 is 2.55 bits per heavy atom. The summed E-state index contributed by atoms with van der Waals surface area (Å²) in [5, 5.41) is 15.2. The maximum atomic E-state index is 12.4. The Bertz CT molecular complexity index is 1010. The number of halogens is 2. The van der Waals surface area contributed by atoms with Gasteiger partial charge in [-0.1, -0.05) is 48.8 Å². The van der Waals surface area contributed by atoms with E-state index in [1.165, 1.54) is 16.6 Å². The number of benzene rings is 1. The van der Waals surface area contributed by atoms with Crippen molar-refractivity contribution < 1.29 is 4.79 Å². The van der Waals surface area contributed by atoms with Crippen LogP contribution in [0.2, 0.25) is 10.0 Å². The minimum absolute atomic E-state index is 0.147. The van der Waals surface area contributed by atoms with Gasteiger partial charge in [-0.3, -0.25) is 9.36 Å². The summed E-state index contributed by atoms with van der Waals surface area (Å²) in [4.78, 5) is 13.7. The molecule has 0 atom stereocenters. The highest BCUT2D eigenvalue weighted by atomic mass is 35.5. The average molecular weight is 469 g/mol. The Balaban J connectivity index is 1.72. The third-order valence-corrected chi connectivity index (χ3v) is 7.08. The second-order valence-electron chi connectivity index (χ2n) is 7.13. The number of carbonyl (C=O) groups excluding carboxylic acids is 1. The SMILES string of the molecule is CC(C)c1cc(-c2nnc(SCC(=O)Nc3ccc(Cl)c(Cl)c3)n2C(C)C)cs1. The zero-order valence-corrected chi connectivity index (χ0v) is 19.7. The standard InChI is InChI=1S/C20H22Cl2N4OS2/c1-11(2)17-7-13(9-28-17)19-24-25-20(26(19)12(3)4)29-10-18(27)23-14-5-6-15(21)16(22)8-14/h5-9,11-12H,10H2,1-4H3,(H,23,27). The van der Waals surface area contributed by atoms with Gasteiger partial charge in [0.25, 0.3) is 0 Å². The lowest BCUT2D eigenvalue weighted by Gasteiger charge is -2.13. The van der Waals surface area contributed by atoms with Gasteiger partial charge in [0.15, 0.2) is 11.0 Å². The molecule has 0 aliphatic rings. The van der Waals surface area contributed by atoms with Gasteiger partial charge in [-0.25, -0.2) is 0 Å². The van der Waals surface area contributed by atoms with E-state index >= 15 is 0 Å². The third-order valence-electron chi connectivity index (χ3n) is 4.16. The zero-order valence-electron chi connectivity index (χ0n) is 16.6. The Morgan fingerprint density at radius 1 is 1.17 bits per heavy atom. The van der Waals surface area contributed by atoms with E-state index in [0.29, 0.717) is 21.7 Å². The van der Waals surface area contributed by atoms with Crippen molar-refractivity contribution in [3.05, 3.63) is 44.6 Å². The van der Waals surface area contributed by atoms with E-state index in [0.717, 1.165) is 16.5 Å². The van der Waals surface area contributed by atoms with Crippen molar-refractivity contribution in [1.29, 1.82) is 0 Å². The van der Waals surface area contributed by atoms with Crippen LogP contribution >= 0.6 is 46.3 Å². The van der Waals surface area contributed by atoms with E-state index in [-0.39, 0.29) is 17.7 Å². The number of anilines is 1. The first-order valence-electron chi connectivity index (χ1n) is 9.17. The fraction of sp³-hybridized carbons (Fsp3) is 0.350. The molecule has 0 fully saturated rings. The van der Waals surface area contributed by atoms with Crippen LogP contribution in [0.25, 0.3) is 11.4 Å². The molecule has 2 heterocycles. The molecule has 3 aromatic rings. The number of amides is 1. The van der Waals surface area contributed by atoms with Gasteiger partial charge in [-0.2, -0.15) is 0 Å². The molecule has 0 saturated carbocycles. The number of hydrogen-bond acceptors (Lipinski definition) is 5. The first-order chi connectivity index (χ1) is 13.8. The van der Waals surface area contributed by atoms with Crippen molar-refractivity contribution in [1.82, 2.24) is 14.8 Å². The molecular formula is C20H22Cl2N4OS2. The van der Waals surface area contributed by atoms with Crippen LogP contribution in [0.3, 0.4) is 0 Å². The van der Waals surface area contributed by atoms with Crippen molar-refractivity contribution in [2.45, 2.75) is 44.8 Å².